The summed E-state index contributed by atoms with van der Waals surface area (Å²) in [6, 6.07) is 7.50. The van der Waals surface area contributed by atoms with E-state index in [1.807, 2.05) is 31.2 Å². The zero-order valence-corrected chi connectivity index (χ0v) is 13.9. The molecule has 2 rings (SSSR count). The summed E-state index contributed by atoms with van der Waals surface area (Å²) in [6.07, 6.45) is 3.76. The third-order valence-electron chi connectivity index (χ3n) is 3.15. The maximum atomic E-state index is 11.9. The molecule has 0 aliphatic heterocycles. The maximum absolute atomic E-state index is 11.9. The fourth-order valence-corrected chi connectivity index (χ4v) is 1.96. The highest BCUT2D eigenvalue weighted by Crippen LogP contribution is 2.18. The number of hydrogen-bond acceptors (Lipinski definition) is 6. The van der Waals surface area contributed by atoms with Crippen LogP contribution in [0.1, 0.15) is 23.7 Å². The smallest absolute Gasteiger partial charge is 0.254 e. The third-order valence-corrected chi connectivity index (χ3v) is 3.15. The Morgan fingerprint density at radius 1 is 1.17 bits per heavy atom. The zero-order valence-electron chi connectivity index (χ0n) is 13.9. The second-order valence-corrected chi connectivity index (χ2v) is 4.98. The lowest BCUT2D eigenvalue weighted by Crippen LogP contribution is -2.25. The van der Waals surface area contributed by atoms with Crippen LogP contribution in [0.2, 0.25) is 0 Å². The molecule has 0 atom stereocenters. The number of amides is 1. The van der Waals surface area contributed by atoms with Crippen molar-refractivity contribution in [2.24, 2.45) is 0 Å². The minimum Gasteiger partial charge on any atom is -0.494 e. The van der Waals surface area contributed by atoms with Crippen molar-refractivity contribution in [2.75, 3.05) is 32.2 Å². The summed E-state index contributed by atoms with van der Waals surface area (Å²) < 4.78 is 10.3. The van der Waals surface area contributed by atoms with E-state index in [0.717, 1.165) is 17.9 Å². The molecule has 0 fully saturated rings. The molecular weight excluding hydrogens is 308 g/mol. The van der Waals surface area contributed by atoms with Crippen molar-refractivity contribution >= 4 is 17.5 Å². The summed E-state index contributed by atoms with van der Waals surface area (Å²) >= 11 is 0. The Bertz CT molecular complexity index is 629. The van der Waals surface area contributed by atoms with Crippen molar-refractivity contribution in [2.45, 2.75) is 13.3 Å². The van der Waals surface area contributed by atoms with Gasteiger partial charge in [-0.15, -0.1) is 0 Å². The average molecular weight is 330 g/mol. The van der Waals surface area contributed by atoms with Gasteiger partial charge in [-0.25, -0.2) is 9.97 Å². The van der Waals surface area contributed by atoms with Gasteiger partial charge in [0.15, 0.2) is 0 Å². The molecule has 0 aliphatic carbocycles. The quantitative estimate of drug-likeness (QED) is 0.687. The molecule has 2 aromatic rings. The fraction of sp³-hybridized carbons (Fsp3) is 0.353. The number of benzene rings is 1. The lowest BCUT2D eigenvalue weighted by atomic mass is 10.3. The second kappa shape index (κ2) is 9.46. The lowest BCUT2D eigenvalue weighted by Gasteiger charge is -2.08. The Hall–Kier alpha value is -2.67. The number of aromatic nitrogens is 2. The van der Waals surface area contributed by atoms with Crippen LogP contribution in [0.3, 0.4) is 0 Å². The number of nitrogens with one attached hydrogen (secondary N) is 2. The normalized spacial score (nSPS) is 10.2. The molecule has 1 aromatic heterocycles. The highest BCUT2D eigenvalue weighted by atomic mass is 16.5. The molecule has 0 saturated carbocycles. The highest BCUT2D eigenvalue weighted by Gasteiger charge is 2.06. The van der Waals surface area contributed by atoms with Crippen LogP contribution >= 0.6 is 0 Å². The predicted molar refractivity (Wildman–Crippen MR) is 91.8 cm³/mol. The predicted octanol–water partition coefficient (Wildman–Crippen LogP) is 2.39. The largest absolute Gasteiger partial charge is 0.494 e. The lowest BCUT2D eigenvalue weighted by molar-refractivity contribution is 0.0948. The molecule has 1 heterocycles. The first-order valence-corrected chi connectivity index (χ1v) is 7.82. The van der Waals surface area contributed by atoms with Crippen molar-refractivity contribution in [3.8, 4) is 5.75 Å². The van der Waals surface area contributed by atoms with Crippen molar-refractivity contribution in [3.05, 3.63) is 42.2 Å². The maximum Gasteiger partial charge on any atom is 0.254 e. The van der Waals surface area contributed by atoms with Crippen LogP contribution in [-0.4, -0.2) is 42.7 Å². The molecule has 7 heteroatoms. The summed E-state index contributed by atoms with van der Waals surface area (Å²) in [5.74, 6) is 1.04. The molecule has 128 valence electrons. The molecular formula is C17H22N4O3. The van der Waals surface area contributed by atoms with Gasteiger partial charge in [0.2, 0.25) is 5.95 Å². The van der Waals surface area contributed by atoms with Gasteiger partial charge in [0.1, 0.15) is 5.75 Å². The SMILES string of the molecule is CCOc1ccc(Nc2ncc(C(=O)NCCCOC)cn2)cc1. The Morgan fingerprint density at radius 2 is 1.88 bits per heavy atom. The van der Waals surface area contributed by atoms with E-state index in [-0.39, 0.29) is 5.91 Å². The van der Waals surface area contributed by atoms with Crippen LogP contribution in [-0.2, 0) is 4.74 Å². The van der Waals surface area contributed by atoms with Crippen LogP contribution in [0.25, 0.3) is 0 Å². The van der Waals surface area contributed by atoms with E-state index >= 15 is 0 Å². The van der Waals surface area contributed by atoms with Crippen LogP contribution in [0.5, 0.6) is 5.75 Å². The zero-order chi connectivity index (χ0) is 17.2. The van der Waals surface area contributed by atoms with Crippen molar-refractivity contribution < 1.29 is 14.3 Å². The van der Waals surface area contributed by atoms with E-state index in [2.05, 4.69) is 20.6 Å². The van der Waals surface area contributed by atoms with Crippen molar-refractivity contribution in [1.82, 2.24) is 15.3 Å². The number of nitrogens with zero attached hydrogens (tertiary/aromatic N) is 2. The van der Waals surface area contributed by atoms with E-state index in [1.165, 1.54) is 12.4 Å². The fourth-order valence-electron chi connectivity index (χ4n) is 1.96. The van der Waals surface area contributed by atoms with Gasteiger partial charge in [-0.3, -0.25) is 4.79 Å². The molecule has 0 unspecified atom stereocenters. The second-order valence-electron chi connectivity index (χ2n) is 4.98. The van der Waals surface area contributed by atoms with Crippen molar-refractivity contribution in [1.29, 1.82) is 0 Å². The van der Waals surface area contributed by atoms with Gasteiger partial charge in [-0.2, -0.15) is 0 Å². The standard InChI is InChI=1S/C17H22N4O3/c1-3-24-15-7-5-14(6-8-15)21-17-19-11-13(12-20-17)16(22)18-9-4-10-23-2/h5-8,11-12H,3-4,9-10H2,1-2H3,(H,18,22)(H,19,20,21). The van der Waals surface area contributed by atoms with Gasteiger partial charge < -0.3 is 20.1 Å². The van der Waals surface area contributed by atoms with Gasteiger partial charge >= 0.3 is 0 Å². The van der Waals surface area contributed by atoms with Gasteiger partial charge in [0.05, 0.1) is 12.2 Å². The number of rotatable bonds is 9. The van der Waals surface area contributed by atoms with Crippen LogP contribution in [0.4, 0.5) is 11.6 Å². The van der Waals surface area contributed by atoms with Gasteiger partial charge in [0.25, 0.3) is 5.91 Å². The summed E-state index contributed by atoms with van der Waals surface area (Å²) in [5.41, 5.74) is 1.26. The van der Waals surface area contributed by atoms with E-state index in [0.29, 0.717) is 31.3 Å². The summed E-state index contributed by atoms with van der Waals surface area (Å²) in [6.45, 7) is 3.74. The van der Waals surface area contributed by atoms with Gasteiger partial charge in [-0.1, -0.05) is 0 Å². The average Bonchev–Trinajstić information content (AvgIpc) is 2.61. The first-order chi connectivity index (χ1) is 11.7. The first kappa shape index (κ1) is 17.7. The molecule has 2 N–H and O–H groups in total. The highest BCUT2D eigenvalue weighted by molar-refractivity contribution is 5.93. The number of ether oxygens (including phenoxy) is 2. The molecule has 24 heavy (non-hydrogen) atoms. The first-order valence-electron chi connectivity index (χ1n) is 7.82. The molecule has 0 bridgehead atoms. The number of anilines is 2. The molecule has 0 saturated heterocycles. The van der Waals surface area contributed by atoms with Crippen LogP contribution in [0.15, 0.2) is 36.7 Å². The van der Waals surface area contributed by atoms with E-state index in [4.69, 9.17) is 9.47 Å². The Balaban J connectivity index is 1.88. The Morgan fingerprint density at radius 3 is 2.50 bits per heavy atom. The molecule has 0 spiro atoms. The molecule has 1 amide bonds. The summed E-state index contributed by atoms with van der Waals surface area (Å²) in [5, 5.41) is 5.86. The minimum atomic E-state index is -0.196. The van der Waals surface area contributed by atoms with E-state index < -0.39 is 0 Å². The number of carbonyl (C=O) groups excluding carboxylic acids is 1. The van der Waals surface area contributed by atoms with Crippen molar-refractivity contribution in [3.63, 3.8) is 0 Å². The summed E-state index contributed by atoms with van der Waals surface area (Å²) in [4.78, 5) is 20.2. The molecule has 0 radical (unpaired) electrons. The number of carbonyl (C=O) groups is 1. The number of methoxy groups -OCH3 is 1. The van der Waals surface area contributed by atoms with Gasteiger partial charge in [0, 0.05) is 38.3 Å². The van der Waals surface area contributed by atoms with Crippen LogP contribution in [0, 0.1) is 0 Å². The topological polar surface area (TPSA) is 85.4 Å². The van der Waals surface area contributed by atoms with E-state index in [9.17, 15) is 4.79 Å². The third kappa shape index (κ3) is 5.51. The summed E-state index contributed by atoms with van der Waals surface area (Å²) in [7, 11) is 1.63. The monoisotopic (exact) mass is 330 g/mol. The molecule has 0 aliphatic rings. The molecule has 1 aromatic carbocycles. The Labute approximate surface area is 141 Å². The molecule has 7 nitrogen and oxygen atoms in total. The van der Waals surface area contributed by atoms with E-state index in [1.54, 1.807) is 7.11 Å². The van der Waals surface area contributed by atoms with Gasteiger partial charge in [-0.05, 0) is 37.6 Å². The van der Waals surface area contributed by atoms with Crippen LogP contribution < -0.4 is 15.4 Å². The number of hydrogen-bond donors (Lipinski definition) is 2. The minimum absolute atomic E-state index is 0.196. The Kier molecular flexibility index (Phi) is 6.97.